The van der Waals surface area contributed by atoms with Gasteiger partial charge in [-0.25, -0.2) is 4.98 Å². The fourth-order valence-corrected chi connectivity index (χ4v) is 1.78. The van der Waals surface area contributed by atoms with Gasteiger partial charge in [-0.3, -0.25) is 4.90 Å². The smallest absolute Gasteiger partial charge is 0.105 e. The van der Waals surface area contributed by atoms with Crippen molar-refractivity contribution in [2.45, 2.75) is 39.8 Å². The molecule has 0 atom stereocenters. The molecular formula is C12H23N3O. The SMILES string of the molecule is Cc1nccn1CCN(CCCO)C(C)C. The number of imidazole rings is 1. The first-order valence-corrected chi connectivity index (χ1v) is 5.97. The number of rotatable bonds is 7. The summed E-state index contributed by atoms with van der Waals surface area (Å²) < 4.78 is 2.16. The van der Waals surface area contributed by atoms with Crippen LogP contribution < -0.4 is 0 Å². The average Bonchev–Trinajstić information content (AvgIpc) is 2.64. The molecule has 0 amide bonds. The Morgan fingerprint density at radius 3 is 2.69 bits per heavy atom. The minimum Gasteiger partial charge on any atom is -0.396 e. The van der Waals surface area contributed by atoms with Crippen LogP contribution in [0.2, 0.25) is 0 Å². The fourth-order valence-electron chi connectivity index (χ4n) is 1.78. The van der Waals surface area contributed by atoms with Crippen LogP contribution in [0.3, 0.4) is 0 Å². The summed E-state index contributed by atoms with van der Waals surface area (Å²) in [4.78, 5) is 6.59. The molecule has 0 radical (unpaired) electrons. The van der Waals surface area contributed by atoms with Gasteiger partial charge < -0.3 is 9.67 Å². The molecule has 0 saturated heterocycles. The summed E-state index contributed by atoms with van der Waals surface area (Å²) in [7, 11) is 0. The monoisotopic (exact) mass is 225 g/mol. The zero-order chi connectivity index (χ0) is 12.0. The number of aromatic nitrogens is 2. The molecule has 0 aliphatic carbocycles. The Balaban J connectivity index is 2.40. The van der Waals surface area contributed by atoms with Gasteiger partial charge in [0.1, 0.15) is 5.82 Å². The molecular weight excluding hydrogens is 202 g/mol. The van der Waals surface area contributed by atoms with Gasteiger partial charge in [0.15, 0.2) is 0 Å². The van der Waals surface area contributed by atoms with Crippen molar-refractivity contribution in [1.82, 2.24) is 14.5 Å². The van der Waals surface area contributed by atoms with Gasteiger partial charge in [-0.15, -0.1) is 0 Å². The molecule has 0 unspecified atom stereocenters. The summed E-state index contributed by atoms with van der Waals surface area (Å²) in [6.07, 6.45) is 4.70. The van der Waals surface area contributed by atoms with Gasteiger partial charge in [0.05, 0.1) is 0 Å². The van der Waals surface area contributed by atoms with Crippen LogP contribution in [0, 0.1) is 6.92 Å². The standard InChI is InChI=1S/C12H23N3O/c1-11(2)14(6-4-10-16)8-9-15-7-5-13-12(15)3/h5,7,11,16H,4,6,8-10H2,1-3H3. The van der Waals surface area contributed by atoms with Crippen molar-refractivity contribution < 1.29 is 5.11 Å². The first kappa shape index (κ1) is 13.2. The Labute approximate surface area is 97.9 Å². The Bertz CT molecular complexity index is 296. The van der Waals surface area contributed by atoms with Crippen LogP contribution in [0.4, 0.5) is 0 Å². The Morgan fingerprint density at radius 1 is 1.44 bits per heavy atom. The van der Waals surface area contributed by atoms with Crippen molar-refractivity contribution >= 4 is 0 Å². The summed E-state index contributed by atoms with van der Waals surface area (Å²) >= 11 is 0. The van der Waals surface area contributed by atoms with Crippen molar-refractivity contribution in [3.63, 3.8) is 0 Å². The van der Waals surface area contributed by atoms with E-state index in [4.69, 9.17) is 5.11 Å². The van der Waals surface area contributed by atoms with E-state index in [9.17, 15) is 0 Å². The third kappa shape index (κ3) is 3.94. The number of hydrogen-bond donors (Lipinski definition) is 1. The predicted octanol–water partition coefficient (Wildman–Crippen LogP) is 1.28. The first-order valence-electron chi connectivity index (χ1n) is 5.97. The van der Waals surface area contributed by atoms with E-state index in [1.165, 1.54) is 0 Å². The van der Waals surface area contributed by atoms with Crippen LogP contribution in [0.5, 0.6) is 0 Å². The lowest BCUT2D eigenvalue weighted by molar-refractivity contribution is 0.186. The summed E-state index contributed by atoms with van der Waals surface area (Å²) in [6, 6.07) is 0.523. The highest BCUT2D eigenvalue weighted by molar-refractivity contribution is 4.88. The van der Waals surface area contributed by atoms with E-state index >= 15 is 0 Å². The second kappa shape index (κ2) is 6.66. The Kier molecular flexibility index (Phi) is 5.49. The lowest BCUT2D eigenvalue weighted by Gasteiger charge is -2.26. The van der Waals surface area contributed by atoms with Crippen LogP contribution in [-0.4, -0.2) is 45.3 Å². The molecule has 0 aromatic carbocycles. The molecule has 1 aromatic heterocycles. The predicted molar refractivity (Wildman–Crippen MR) is 65.4 cm³/mol. The molecule has 1 N–H and O–H groups in total. The highest BCUT2D eigenvalue weighted by Gasteiger charge is 2.09. The molecule has 0 fully saturated rings. The summed E-state index contributed by atoms with van der Waals surface area (Å²) in [5.74, 6) is 1.06. The molecule has 4 nitrogen and oxygen atoms in total. The van der Waals surface area contributed by atoms with E-state index < -0.39 is 0 Å². The molecule has 0 saturated carbocycles. The van der Waals surface area contributed by atoms with Gasteiger partial charge in [-0.05, 0) is 27.2 Å². The molecule has 92 valence electrons. The van der Waals surface area contributed by atoms with E-state index in [0.29, 0.717) is 6.04 Å². The number of nitrogens with zero attached hydrogens (tertiary/aromatic N) is 3. The van der Waals surface area contributed by atoms with E-state index in [2.05, 4.69) is 28.3 Å². The van der Waals surface area contributed by atoms with E-state index in [1.807, 2.05) is 19.3 Å². The summed E-state index contributed by atoms with van der Waals surface area (Å²) in [5.41, 5.74) is 0. The molecule has 16 heavy (non-hydrogen) atoms. The van der Waals surface area contributed by atoms with Gasteiger partial charge in [0, 0.05) is 44.7 Å². The molecule has 0 bridgehead atoms. The van der Waals surface area contributed by atoms with Crippen molar-refractivity contribution in [2.24, 2.45) is 0 Å². The summed E-state index contributed by atoms with van der Waals surface area (Å²) in [5, 5.41) is 8.85. The number of aliphatic hydroxyl groups is 1. The first-order chi connectivity index (χ1) is 7.65. The lowest BCUT2D eigenvalue weighted by atomic mass is 10.3. The van der Waals surface area contributed by atoms with E-state index in [0.717, 1.165) is 31.9 Å². The second-order valence-corrected chi connectivity index (χ2v) is 4.37. The molecule has 1 heterocycles. The fraction of sp³-hybridized carbons (Fsp3) is 0.750. The second-order valence-electron chi connectivity index (χ2n) is 4.37. The average molecular weight is 225 g/mol. The zero-order valence-corrected chi connectivity index (χ0v) is 10.6. The van der Waals surface area contributed by atoms with Crippen molar-refractivity contribution in [3.05, 3.63) is 18.2 Å². The minimum absolute atomic E-state index is 0.271. The minimum atomic E-state index is 0.271. The third-order valence-electron chi connectivity index (χ3n) is 2.89. The summed E-state index contributed by atoms with van der Waals surface area (Å²) in [6.45, 7) is 9.61. The molecule has 1 rings (SSSR count). The third-order valence-corrected chi connectivity index (χ3v) is 2.89. The van der Waals surface area contributed by atoms with Crippen molar-refractivity contribution in [2.75, 3.05) is 19.7 Å². The van der Waals surface area contributed by atoms with Crippen LogP contribution in [0.15, 0.2) is 12.4 Å². The largest absolute Gasteiger partial charge is 0.396 e. The van der Waals surface area contributed by atoms with Gasteiger partial charge in [-0.2, -0.15) is 0 Å². The van der Waals surface area contributed by atoms with Crippen LogP contribution in [0.25, 0.3) is 0 Å². The maximum Gasteiger partial charge on any atom is 0.105 e. The van der Waals surface area contributed by atoms with Gasteiger partial charge >= 0.3 is 0 Å². The normalized spacial score (nSPS) is 11.6. The molecule has 4 heteroatoms. The Morgan fingerprint density at radius 2 is 2.19 bits per heavy atom. The van der Waals surface area contributed by atoms with Crippen LogP contribution >= 0.6 is 0 Å². The number of hydrogen-bond acceptors (Lipinski definition) is 3. The van der Waals surface area contributed by atoms with Crippen molar-refractivity contribution in [3.8, 4) is 0 Å². The van der Waals surface area contributed by atoms with Crippen molar-refractivity contribution in [1.29, 1.82) is 0 Å². The van der Waals surface area contributed by atoms with Crippen LogP contribution in [0.1, 0.15) is 26.1 Å². The zero-order valence-electron chi connectivity index (χ0n) is 10.6. The van der Waals surface area contributed by atoms with Crippen LogP contribution in [-0.2, 0) is 6.54 Å². The number of aliphatic hydroxyl groups excluding tert-OH is 1. The highest BCUT2D eigenvalue weighted by atomic mass is 16.3. The maximum atomic E-state index is 8.85. The quantitative estimate of drug-likeness (QED) is 0.760. The van der Waals surface area contributed by atoms with E-state index in [1.54, 1.807) is 0 Å². The van der Waals surface area contributed by atoms with Gasteiger partial charge in [0.25, 0.3) is 0 Å². The maximum absolute atomic E-state index is 8.85. The molecule has 1 aromatic rings. The molecule has 0 aliphatic heterocycles. The lowest BCUT2D eigenvalue weighted by Crippen LogP contribution is -2.35. The molecule has 0 aliphatic rings. The van der Waals surface area contributed by atoms with E-state index in [-0.39, 0.29) is 6.61 Å². The van der Waals surface area contributed by atoms with Gasteiger partial charge in [-0.1, -0.05) is 0 Å². The Hall–Kier alpha value is -0.870. The highest BCUT2D eigenvalue weighted by Crippen LogP contribution is 2.02. The number of aryl methyl sites for hydroxylation is 1. The van der Waals surface area contributed by atoms with Gasteiger partial charge in [0.2, 0.25) is 0 Å². The molecule has 0 spiro atoms. The topological polar surface area (TPSA) is 41.3 Å².